The molecule has 7 nitrogen and oxygen atoms in total. The lowest BCUT2D eigenvalue weighted by molar-refractivity contribution is 0.0800. The number of ether oxygens (including phenoxy) is 2. The largest absolute Gasteiger partial charge is 0.381 e. The number of benzene rings is 2. The normalized spacial score (nSPS) is 25.1. The van der Waals surface area contributed by atoms with E-state index in [9.17, 15) is 4.79 Å². The van der Waals surface area contributed by atoms with Crippen LogP contribution in [0.2, 0.25) is 0 Å². The fraction of sp³-hybridized carbons (Fsp3) is 0.629. The van der Waals surface area contributed by atoms with Gasteiger partial charge in [0.25, 0.3) is 0 Å². The molecular formula is C35H49FN4O3. The molecule has 2 unspecified atom stereocenters. The van der Waals surface area contributed by atoms with Crippen molar-refractivity contribution in [3.63, 3.8) is 0 Å². The highest BCUT2D eigenvalue weighted by Crippen LogP contribution is 2.40. The average molecular weight is 593 g/mol. The summed E-state index contributed by atoms with van der Waals surface area (Å²) < 4.78 is 26.5. The fourth-order valence-electron chi connectivity index (χ4n) is 7.50. The Hall–Kier alpha value is -2.68. The van der Waals surface area contributed by atoms with Gasteiger partial charge in [0.15, 0.2) is 0 Å². The van der Waals surface area contributed by atoms with Gasteiger partial charge in [-0.1, -0.05) is 45.0 Å². The Morgan fingerprint density at radius 3 is 2.21 bits per heavy atom. The molecule has 4 heterocycles. The van der Waals surface area contributed by atoms with E-state index in [1.807, 2.05) is 21.9 Å². The number of halogens is 1. The van der Waals surface area contributed by atoms with Gasteiger partial charge in [-0.05, 0) is 79.2 Å². The van der Waals surface area contributed by atoms with Gasteiger partial charge >= 0.3 is 6.03 Å². The summed E-state index contributed by atoms with van der Waals surface area (Å²) in [5, 5.41) is 3.25. The molecule has 2 aromatic carbocycles. The number of morpholine rings is 1. The number of hydrogen-bond donors (Lipinski definition) is 1. The molecule has 4 fully saturated rings. The van der Waals surface area contributed by atoms with E-state index in [2.05, 4.69) is 55.3 Å². The summed E-state index contributed by atoms with van der Waals surface area (Å²) >= 11 is 0. The van der Waals surface area contributed by atoms with Crippen LogP contribution >= 0.6 is 0 Å². The molecular weight excluding hydrogens is 543 g/mol. The molecule has 6 rings (SSSR count). The minimum atomic E-state index is -0.282. The molecule has 234 valence electrons. The Labute approximate surface area is 256 Å². The lowest BCUT2D eigenvalue weighted by Gasteiger charge is -2.41. The summed E-state index contributed by atoms with van der Waals surface area (Å²) in [5.41, 5.74) is 4.11. The number of carbonyl (C=O) groups excluding carboxylic acids is 1. The molecule has 8 heteroatoms. The molecule has 1 N–H and O–H groups in total. The zero-order chi connectivity index (χ0) is 30.0. The van der Waals surface area contributed by atoms with Crippen molar-refractivity contribution in [2.24, 2.45) is 5.92 Å². The zero-order valence-electron chi connectivity index (χ0n) is 26.2. The van der Waals surface area contributed by atoms with E-state index < -0.39 is 0 Å². The van der Waals surface area contributed by atoms with Crippen molar-refractivity contribution in [3.05, 3.63) is 59.4 Å². The van der Waals surface area contributed by atoms with E-state index in [1.165, 1.54) is 24.0 Å². The number of urea groups is 1. The van der Waals surface area contributed by atoms with Crippen LogP contribution in [0.25, 0.3) is 0 Å². The molecule has 3 atom stereocenters. The molecule has 0 radical (unpaired) electrons. The van der Waals surface area contributed by atoms with Crippen molar-refractivity contribution in [1.82, 2.24) is 10.2 Å². The van der Waals surface area contributed by atoms with Crippen molar-refractivity contribution in [3.8, 4) is 0 Å². The maximum atomic E-state index is 15.5. The molecule has 0 saturated carbocycles. The van der Waals surface area contributed by atoms with Gasteiger partial charge in [0.1, 0.15) is 5.82 Å². The first kappa shape index (κ1) is 30.4. The summed E-state index contributed by atoms with van der Waals surface area (Å²) in [6, 6.07) is 15.5. The van der Waals surface area contributed by atoms with Crippen LogP contribution in [0.15, 0.2) is 42.5 Å². The Balaban J connectivity index is 1.15. The predicted molar refractivity (Wildman–Crippen MR) is 169 cm³/mol. The summed E-state index contributed by atoms with van der Waals surface area (Å²) in [6.45, 7) is 12.2. The molecule has 0 aliphatic carbocycles. The third-order valence-corrected chi connectivity index (χ3v) is 10.00. The first-order valence-corrected chi connectivity index (χ1v) is 16.4. The molecule has 0 spiro atoms. The van der Waals surface area contributed by atoms with Crippen LogP contribution in [-0.2, 0) is 21.4 Å². The lowest BCUT2D eigenvalue weighted by atomic mass is 9.86. The number of hydrogen-bond acceptors (Lipinski definition) is 5. The lowest BCUT2D eigenvalue weighted by Crippen LogP contribution is -2.50. The number of nitrogens with one attached hydrogen (secondary N) is 1. The van der Waals surface area contributed by atoms with Crippen LogP contribution in [0.1, 0.15) is 70.4 Å². The van der Waals surface area contributed by atoms with Crippen molar-refractivity contribution in [1.29, 1.82) is 0 Å². The number of rotatable bonds is 7. The van der Waals surface area contributed by atoms with Gasteiger partial charge in [-0.25, -0.2) is 9.18 Å². The zero-order valence-corrected chi connectivity index (χ0v) is 26.2. The highest BCUT2D eigenvalue weighted by molar-refractivity contribution is 5.92. The van der Waals surface area contributed by atoms with E-state index in [0.717, 1.165) is 32.2 Å². The second kappa shape index (κ2) is 13.1. The average Bonchev–Trinajstić information content (AvgIpc) is 3.22. The topological polar surface area (TPSA) is 57.3 Å². The number of carbonyl (C=O) groups is 1. The molecule has 0 aromatic heterocycles. The van der Waals surface area contributed by atoms with Gasteiger partial charge in [0.05, 0.1) is 18.9 Å². The first-order valence-electron chi connectivity index (χ1n) is 16.4. The van der Waals surface area contributed by atoms with Crippen molar-refractivity contribution in [2.45, 2.75) is 89.4 Å². The first-order chi connectivity index (χ1) is 20.7. The van der Waals surface area contributed by atoms with Crippen LogP contribution in [0.4, 0.5) is 20.6 Å². The van der Waals surface area contributed by atoms with Crippen molar-refractivity contribution >= 4 is 17.4 Å². The van der Waals surface area contributed by atoms with E-state index in [-0.39, 0.29) is 23.3 Å². The van der Waals surface area contributed by atoms with Gasteiger partial charge < -0.3 is 19.7 Å². The summed E-state index contributed by atoms with van der Waals surface area (Å²) in [5.74, 6) is 0.0927. The number of piperidine rings is 1. The second-order valence-corrected chi connectivity index (χ2v) is 14.0. The van der Waals surface area contributed by atoms with Crippen LogP contribution in [0, 0.1) is 11.7 Å². The Bertz CT molecular complexity index is 1220. The summed E-state index contributed by atoms with van der Waals surface area (Å²) in [7, 11) is 0. The number of fused-ring (bicyclic) bond motifs is 2. The highest BCUT2D eigenvalue weighted by atomic mass is 19.1. The Morgan fingerprint density at radius 2 is 1.58 bits per heavy atom. The maximum Gasteiger partial charge on any atom is 0.322 e. The maximum absolute atomic E-state index is 15.5. The third kappa shape index (κ3) is 7.18. The van der Waals surface area contributed by atoms with E-state index in [0.29, 0.717) is 75.4 Å². The molecule has 2 aromatic rings. The highest BCUT2D eigenvalue weighted by Gasteiger charge is 2.41. The van der Waals surface area contributed by atoms with Gasteiger partial charge in [-0.3, -0.25) is 9.80 Å². The third-order valence-electron chi connectivity index (χ3n) is 10.00. The minimum Gasteiger partial charge on any atom is -0.381 e. The number of nitrogens with zero attached hydrogens (tertiary/aromatic N) is 3. The Morgan fingerprint density at radius 1 is 0.930 bits per heavy atom. The minimum absolute atomic E-state index is 0.0870. The molecule has 2 bridgehead atoms. The van der Waals surface area contributed by atoms with Gasteiger partial charge in [-0.15, -0.1) is 0 Å². The quantitative estimate of drug-likeness (QED) is 0.421. The summed E-state index contributed by atoms with van der Waals surface area (Å²) in [6.07, 6.45) is 6.15. The van der Waals surface area contributed by atoms with E-state index >= 15 is 4.39 Å². The molecule has 2 amide bonds. The van der Waals surface area contributed by atoms with E-state index in [1.54, 1.807) is 6.07 Å². The monoisotopic (exact) mass is 592 g/mol. The van der Waals surface area contributed by atoms with Crippen LogP contribution < -0.4 is 15.1 Å². The van der Waals surface area contributed by atoms with Gasteiger partial charge in [0.2, 0.25) is 0 Å². The molecule has 4 aliphatic heterocycles. The number of amides is 2. The van der Waals surface area contributed by atoms with E-state index in [4.69, 9.17) is 9.47 Å². The number of anilines is 2. The predicted octanol–water partition coefficient (Wildman–Crippen LogP) is 6.10. The van der Waals surface area contributed by atoms with Crippen LogP contribution in [-0.4, -0.2) is 75.1 Å². The van der Waals surface area contributed by atoms with Crippen molar-refractivity contribution in [2.75, 3.05) is 55.9 Å². The SMILES string of the molecule is CC(C)(C)c1ccc(CN2C3CC[C@H]2CC(CN(C(=O)NC2CCOCC2)c2ccc(N4CCOCC4)c(F)c2)C3)cc1. The Kier molecular flexibility index (Phi) is 9.27. The van der Waals surface area contributed by atoms with Crippen LogP contribution in [0.3, 0.4) is 0 Å². The smallest absolute Gasteiger partial charge is 0.322 e. The van der Waals surface area contributed by atoms with Gasteiger partial charge in [-0.2, -0.15) is 0 Å². The summed E-state index contributed by atoms with van der Waals surface area (Å²) in [4.78, 5) is 20.3. The molecule has 4 aliphatic rings. The van der Waals surface area contributed by atoms with Crippen LogP contribution in [0.5, 0.6) is 0 Å². The second-order valence-electron chi connectivity index (χ2n) is 14.0. The molecule has 43 heavy (non-hydrogen) atoms. The molecule has 4 saturated heterocycles. The fourth-order valence-corrected chi connectivity index (χ4v) is 7.50. The van der Waals surface area contributed by atoms with Gasteiger partial charge in [0, 0.05) is 63.2 Å². The standard InChI is InChI=1S/C35H49FN4O3/c1-35(2,3)27-6-4-25(5-7-27)23-39-29-8-9-30(39)21-26(20-29)24-40(34(41)37-28-12-16-42-17-13-28)31-10-11-33(32(36)22-31)38-14-18-43-19-15-38/h4-7,10-11,22,26,28-30H,8-9,12-21,23-24H2,1-3H3,(H,37,41)/t26?,29-,30?/m0/s1. The van der Waals surface area contributed by atoms with Crippen molar-refractivity contribution < 1.29 is 18.7 Å².